The van der Waals surface area contributed by atoms with Gasteiger partial charge < -0.3 is 10.4 Å². The topological polar surface area (TPSA) is 53.8 Å². The molecule has 0 spiro atoms. The minimum absolute atomic E-state index is 0. The molecule has 0 unspecified atom stereocenters. The van der Waals surface area contributed by atoms with E-state index in [9.17, 15) is 8.78 Å². The Hall–Kier alpha value is -1.15. The molecule has 140 valence electrons. The number of aromatic amines is 1. The minimum atomic E-state index is -0.286. The molecule has 0 atom stereocenters. The molecule has 1 heterocycles. The summed E-state index contributed by atoms with van der Waals surface area (Å²) in [5.41, 5.74) is 6.73. The van der Waals surface area contributed by atoms with Crippen LogP contribution in [0.3, 0.4) is 0 Å². The summed E-state index contributed by atoms with van der Waals surface area (Å²) in [4.78, 5) is 3.40. The first-order valence-corrected chi connectivity index (χ1v) is 9.48. The lowest BCUT2D eigenvalue weighted by Crippen LogP contribution is -2.07. The second kappa shape index (κ2) is 9.17. The van der Waals surface area contributed by atoms with Gasteiger partial charge in [-0.15, -0.1) is 12.4 Å². The highest BCUT2D eigenvalue weighted by atomic mass is 79.9. The third-order valence-corrected chi connectivity index (χ3v) is 5.49. The lowest BCUT2D eigenvalue weighted by Gasteiger charge is -2.10. The van der Waals surface area contributed by atoms with Crippen molar-refractivity contribution in [3.63, 3.8) is 0 Å². The van der Waals surface area contributed by atoms with Gasteiger partial charge in [0.05, 0.1) is 11.2 Å². The van der Waals surface area contributed by atoms with Gasteiger partial charge in [0.1, 0.15) is 11.6 Å². The van der Waals surface area contributed by atoms with Gasteiger partial charge in [-0.05, 0) is 93.4 Å². The molecule has 0 amide bonds. The Bertz CT molecular complexity index is 915. The number of aromatic nitrogens is 1. The fourth-order valence-electron chi connectivity index (χ4n) is 3.04. The summed E-state index contributed by atoms with van der Waals surface area (Å²) in [5, 5.41) is 1.05. The zero-order chi connectivity index (χ0) is 18.0. The van der Waals surface area contributed by atoms with E-state index < -0.39 is 0 Å². The van der Waals surface area contributed by atoms with Gasteiger partial charge in [0.15, 0.2) is 0 Å². The monoisotopic (exact) mass is 507 g/mol. The number of anilines is 1. The van der Waals surface area contributed by atoms with Crippen LogP contribution in [0.15, 0.2) is 39.3 Å². The summed E-state index contributed by atoms with van der Waals surface area (Å²) in [7, 11) is 0. The van der Waals surface area contributed by atoms with E-state index in [-0.39, 0.29) is 24.0 Å². The molecule has 1 aliphatic rings. The van der Waals surface area contributed by atoms with Gasteiger partial charge in [-0.1, -0.05) is 0 Å². The average Bonchev–Trinajstić information content (AvgIpc) is 2.95. The standard InChI is InChI=1S/C12H11BrFN.C6H6BrFN2.ClH/c13-10-6-7(14)5-9-8-3-1-2-4-11(8)15-12(9)10;7-5-3-4(8)1-2-6(5)10-9;/h5-6,15H,1-4H2;1-3,10H,9H2;1H. The summed E-state index contributed by atoms with van der Waals surface area (Å²) in [6, 6.07) is 7.39. The fraction of sp³-hybridized carbons (Fsp3) is 0.222. The molecule has 0 fully saturated rings. The fourth-order valence-corrected chi connectivity index (χ4v) is 4.03. The number of fused-ring (bicyclic) bond motifs is 3. The number of hydrazine groups is 1. The summed E-state index contributed by atoms with van der Waals surface area (Å²) in [6.45, 7) is 0. The third-order valence-electron chi connectivity index (χ3n) is 4.21. The predicted octanol–water partition coefficient (Wildman–Crippen LogP) is 6.24. The van der Waals surface area contributed by atoms with E-state index in [2.05, 4.69) is 42.3 Å². The van der Waals surface area contributed by atoms with E-state index in [0.29, 0.717) is 10.2 Å². The molecule has 26 heavy (non-hydrogen) atoms. The molecule has 8 heteroatoms. The third kappa shape index (κ3) is 4.57. The molecule has 1 aliphatic carbocycles. The maximum absolute atomic E-state index is 13.3. The number of H-pyrrole nitrogens is 1. The molecule has 0 saturated carbocycles. The van der Waals surface area contributed by atoms with Crippen molar-refractivity contribution in [3.8, 4) is 0 Å². The summed E-state index contributed by atoms with van der Waals surface area (Å²) >= 11 is 6.53. The van der Waals surface area contributed by atoms with Crippen molar-refractivity contribution in [2.45, 2.75) is 25.7 Å². The largest absolute Gasteiger partial charge is 0.357 e. The van der Waals surface area contributed by atoms with E-state index in [1.165, 1.54) is 42.3 Å². The molecule has 1 aromatic heterocycles. The molecule has 4 rings (SSSR count). The van der Waals surface area contributed by atoms with Crippen molar-refractivity contribution in [3.05, 3.63) is 62.2 Å². The zero-order valence-corrected chi connectivity index (χ0v) is 17.7. The Kier molecular flexibility index (Phi) is 7.46. The van der Waals surface area contributed by atoms with E-state index in [1.54, 1.807) is 12.1 Å². The van der Waals surface area contributed by atoms with E-state index in [0.717, 1.165) is 28.2 Å². The summed E-state index contributed by atoms with van der Waals surface area (Å²) < 4.78 is 27.1. The van der Waals surface area contributed by atoms with Crippen LogP contribution in [0, 0.1) is 11.6 Å². The normalized spacial score (nSPS) is 12.7. The van der Waals surface area contributed by atoms with Crippen LogP contribution >= 0.6 is 44.3 Å². The number of nitrogens with two attached hydrogens (primary N) is 1. The number of rotatable bonds is 1. The predicted molar refractivity (Wildman–Crippen MR) is 112 cm³/mol. The van der Waals surface area contributed by atoms with Crippen molar-refractivity contribution in [1.29, 1.82) is 0 Å². The number of hydrogen-bond acceptors (Lipinski definition) is 2. The Morgan fingerprint density at radius 2 is 1.65 bits per heavy atom. The molecule has 4 N–H and O–H groups in total. The van der Waals surface area contributed by atoms with Crippen LogP contribution in [-0.2, 0) is 12.8 Å². The van der Waals surface area contributed by atoms with E-state index in [1.807, 2.05) is 0 Å². The zero-order valence-electron chi connectivity index (χ0n) is 13.7. The number of nitrogen functional groups attached to an aromatic ring is 1. The molecule has 0 radical (unpaired) electrons. The second-order valence-corrected chi connectivity index (χ2v) is 7.58. The molecular weight excluding hydrogens is 491 g/mol. The van der Waals surface area contributed by atoms with Gasteiger partial charge in [0.25, 0.3) is 0 Å². The first-order valence-electron chi connectivity index (χ1n) is 7.89. The molecule has 0 saturated heterocycles. The molecular formula is C18H18Br2ClF2N3. The summed E-state index contributed by atoms with van der Waals surface area (Å²) in [6.07, 6.45) is 4.62. The second-order valence-electron chi connectivity index (χ2n) is 5.87. The Labute approximate surface area is 173 Å². The van der Waals surface area contributed by atoms with Gasteiger partial charge >= 0.3 is 0 Å². The van der Waals surface area contributed by atoms with Crippen molar-refractivity contribution in [2.75, 3.05) is 5.43 Å². The highest BCUT2D eigenvalue weighted by Gasteiger charge is 2.17. The molecule has 3 aromatic rings. The number of halogens is 5. The summed E-state index contributed by atoms with van der Waals surface area (Å²) in [5.74, 6) is 4.65. The lowest BCUT2D eigenvalue weighted by atomic mass is 9.96. The van der Waals surface area contributed by atoms with Crippen LogP contribution in [-0.4, -0.2) is 4.98 Å². The number of hydrogen-bond donors (Lipinski definition) is 3. The van der Waals surface area contributed by atoms with Gasteiger partial charge in [-0.3, -0.25) is 5.84 Å². The SMILES string of the molecule is Cl.Fc1cc(Br)c2[nH]c3c(c2c1)CCCC3.NNc1ccc(F)cc1Br. The number of aryl methyl sites for hydroxylation is 2. The number of nitrogens with one attached hydrogen (secondary N) is 2. The van der Waals surface area contributed by atoms with Crippen LogP contribution in [0.2, 0.25) is 0 Å². The Morgan fingerprint density at radius 3 is 2.35 bits per heavy atom. The van der Waals surface area contributed by atoms with Crippen LogP contribution in [0.4, 0.5) is 14.5 Å². The first kappa shape index (κ1) is 21.2. The van der Waals surface area contributed by atoms with Crippen LogP contribution in [0.1, 0.15) is 24.1 Å². The van der Waals surface area contributed by atoms with Crippen LogP contribution in [0.25, 0.3) is 10.9 Å². The smallest absolute Gasteiger partial charge is 0.125 e. The van der Waals surface area contributed by atoms with Gasteiger partial charge in [-0.2, -0.15) is 0 Å². The molecule has 0 bridgehead atoms. The van der Waals surface area contributed by atoms with Crippen molar-refractivity contribution >= 4 is 60.9 Å². The van der Waals surface area contributed by atoms with Crippen LogP contribution in [0.5, 0.6) is 0 Å². The number of benzene rings is 2. The van der Waals surface area contributed by atoms with E-state index in [4.69, 9.17) is 5.84 Å². The van der Waals surface area contributed by atoms with Crippen molar-refractivity contribution < 1.29 is 8.78 Å². The highest BCUT2D eigenvalue weighted by molar-refractivity contribution is 9.11. The lowest BCUT2D eigenvalue weighted by molar-refractivity contribution is 0.627. The van der Waals surface area contributed by atoms with Crippen LogP contribution < -0.4 is 11.3 Å². The van der Waals surface area contributed by atoms with Gasteiger partial charge in [0.2, 0.25) is 0 Å². The maximum Gasteiger partial charge on any atom is 0.125 e. The van der Waals surface area contributed by atoms with Crippen molar-refractivity contribution in [2.24, 2.45) is 5.84 Å². The molecule has 3 nitrogen and oxygen atoms in total. The first-order chi connectivity index (χ1) is 12.0. The molecule has 2 aromatic carbocycles. The Balaban J connectivity index is 0.000000195. The van der Waals surface area contributed by atoms with E-state index >= 15 is 0 Å². The van der Waals surface area contributed by atoms with Gasteiger partial charge in [0, 0.05) is 20.0 Å². The highest BCUT2D eigenvalue weighted by Crippen LogP contribution is 2.33. The quantitative estimate of drug-likeness (QED) is 0.269. The van der Waals surface area contributed by atoms with Crippen molar-refractivity contribution in [1.82, 2.24) is 4.98 Å². The molecule has 0 aliphatic heterocycles. The van der Waals surface area contributed by atoms with Gasteiger partial charge in [-0.25, -0.2) is 8.78 Å². The average molecular weight is 510 g/mol. The minimum Gasteiger partial charge on any atom is -0.357 e. The maximum atomic E-state index is 13.3. The Morgan fingerprint density at radius 1 is 0.962 bits per heavy atom.